The van der Waals surface area contributed by atoms with E-state index < -0.39 is 0 Å². The number of halogens is 1. The van der Waals surface area contributed by atoms with Crippen LogP contribution < -0.4 is 20.1 Å². The summed E-state index contributed by atoms with van der Waals surface area (Å²) in [5.74, 6) is 2.24. The highest BCUT2D eigenvalue weighted by molar-refractivity contribution is 9.10. The first-order valence-corrected chi connectivity index (χ1v) is 8.38. The molecular formula is C16H26BrN3O2. The minimum absolute atomic E-state index is 0.558. The second-order valence-electron chi connectivity index (χ2n) is 4.77. The van der Waals surface area contributed by atoms with E-state index in [1.165, 1.54) is 0 Å². The van der Waals surface area contributed by atoms with Crippen LogP contribution in [0.4, 0.5) is 0 Å². The van der Waals surface area contributed by atoms with E-state index in [9.17, 15) is 0 Å². The molecule has 0 spiro atoms. The van der Waals surface area contributed by atoms with Crippen molar-refractivity contribution in [3.8, 4) is 11.5 Å². The molecule has 1 rings (SSSR count). The molecule has 0 atom stereocenters. The third-order valence-corrected chi connectivity index (χ3v) is 3.87. The summed E-state index contributed by atoms with van der Waals surface area (Å²) in [5, 5.41) is 6.58. The Morgan fingerprint density at radius 2 is 1.82 bits per heavy atom. The first kappa shape index (κ1) is 18.6. The Kier molecular flexibility index (Phi) is 8.74. The molecule has 1 aromatic rings. The summed E-state index contributed by atoms with van der Waals surface area (Å²) < 4.78 is 11.6. The van der Waals surface area contributed by atoms with Crippen molar-refractivity contribution in [3.05, 3.63) is 22.2 Å². The number of ether oxygens (including phenoxy) is 2. The van der Waals surface area contributed by atoms with Gasteiger partial charge in [-0.1, -0.05) is 29.3 Å². The number of rotatable bonds is 8. The molecule has 0 radical (unpaired) electrons. The van der Waals surface area contributed by atoms with E-state index >= 15 is 0 Å². The quantitative estimate of drug-likeness (QED) is 0.418. The number of methoxy groups -OCH3 is 2. The average Bonchev–Trinajstić information content (AvgIpc) is 2.53. The average molecular weight is 372 g/mol. The number of benzene rings is 1. The van der Waals surface area contributed by atoms with E-state index in [0.717, 1.165) is 41.9 Å². The van der Waals surface area contributed by atoms with Crippen LogP contribution in [0.5, 0.6) is 11.5 Å². The normalized spacial score (nSPS) is 11.2. The van der Waals surface area contributed by atoms with Crippen molar-refractivity contribution in [1.29, 1.82) is 0 Å². The number of aliphatic imine (C=N–C) groups is 1. The fourth-order valence-corrected chi connectivity index (χ4v) is 2.35. The Morgan fingerprint density at radius 1 is 1.14 bits per heavy atom. The number of hydrogen-bond donors (Lipinski definition) is 2. The van der Waals surface area contributed by atoms with Crippen molar-refractivity contribution in [2.75, 3.05) is 27.3 Å². The van der Waals surface area contributed by atoms with Gasteiger partial charge in [-0.25, -0.2) is 4.99 Å². The molecule has 0 fully saturated rings. The Balaban J connectivity index is 2.84. The summed E-state index contributed by atoms with van der Waals surface area (Å²) in [6.45, 7) is 6.55. The highest BCUT2D eigenvalue weighted by Crippen LogP contribution is 2.33. The molecule has 0 saturated heterocycles. The summed E-state index contributed by atoms with van der Waals surface area (Å²) in [5.41, 5.74) is 1.05. The number of unbranched alkanes of at least 4 members (excludes halogenated alkanes) is 1. The summed E-state index contributed by atoms with van der Waals surface area (Å²) in [6, 6.07) is 3.85. The molecule has 0 saturated carbocycles. The van der Waals surface area contributed by atoms with Crippen molar-refractivity contribution < 1.29 is 9.47 Å². The highest BCUT2D eigenvalue weighted by Gasteiger charge is 2.09. The fourth-order valence-electron chi connectivity index (χ4n) is 1.91. The zero-order chi connectivity index (χ0) is 16.4. The molecular weight excluding hydrogens is 346 g/mol. The third-order valence-electron chi connectivity index (χ3n) is 3.13. The van der Waals surface area contributed by atoms with E-state index in [4.69, 9.17) is 9.47 Å². The predicted molar refractivity (Wildman–Crippen MR) is 95.0 cm³/mol. The third kappa shape index (κ3) is 5.75. The lowest BCUT2D eigenvalue weighted by Gasteiger charge is -2.13. The van der Waals surface area contributed by atoms with Crippen LogP contribution in [0.1, 0.15) is 32.3 Å². The Bertz CT molecular complexity index is 493. The van der Waals surface area contributed by atoms with Crippen LogP contribution in [0.25, 0.3) is 0 Å². The van der Waals surface area contributed by atoms with Gasteiger partial charge < -0.3 is 20.1 Å². The van der Waals surface area contributed by atoms with Gasteiger partial charge in [0.05, 0.1) is 20.8 Å². The molecule has 0 aliphatic rings. The molecule has 0 amide bonds. The molecule has 124 valence electrons. The standard InChI is InChI=1S/C16H26BrN3O2/c1-5-7-8-19-16(18-6-2)20-11-12-9-14(21-3)15(22-4)10-13(12)17/h9-10H,5-8,11H2,1-4H3,(H2,18,19,20). The van der Waals surface area contributed by atoms with Crippen LogP contribution in [0.3, 0.4) is 0 Å². The van der Waals surface area contributed by atoms with Crippen LogP contribution in [-0.2, 0) is 6.54 Å². The van der Waals surface area contributed by atoms with E-state index in [-0.39, 0.29) is 0 Å². The highest BCUT2D eigenvalue weighted by atomic mass is 79.9. The molecule has 5 nitrogen and oxygen atoms in total. The number of nitrogens with one attached hydrogen (secondary N) is 2. The molecule has 0 heterocycles. The lowest BCUT2D eigenvalue weighted by atomic mass is 10.2. The monoisotopic (exact) mass is 371 g/mol. The minimum atomic E-state index is 0.558. The molecule has 0 aromatic heterocycles. The van der Waals surface area contributed by atoms with Gasteiger partial charge in [-0.15, -0.1) is 0 Å². The predicted octanol–water partition coefficient (Wildman–Crippen LogP) is 3.32. The van der Waals surface area contributed by atoms with Gasteiger partial charge in [0.1, 0.15) is 0 Å². The molecule has 0 bridgehead atoms. The van der Waals surface area contributed by atoms with Crippen molar-refractivity contribution in [3.63, 3.8) is 0 Å². The Hall–Kier alpha value is -1.43. The van der Waals surface area contributed by atoms with Crippen LogP contribution in [0.15, 0.2) is 21.6 Å². The Morgan fingerprint density at radius 3 is 2.41 bits per heavy atom. The summed E-state index contributed by atoms with van der Waals surface area (Å²) in [6.07, 6.45) is 2.29. The topological polar surface area (TPSA) is 54.9 Å². The molecule has 1 aromatic carbocycles. The SMILES string of the molecule is CCCCNC(=NCc1cc(OC)c(OC)cc1Br)NCC. The van der Waals surface area contributed by atoms with Gasteiger partial charge in [0.25, 0.3) is 0 Å². The van der Waals surface area contributed by atoms with Crippen molar-refractivity contribution in [2.45, 2.75) is 33.2 Å². The number of nitrogens with zero attached hydrogens (tertiary/aromatic N) is 1. The van der Waals surface area contributed by atoms with E-state index in [2.05, 4.69) is 45.4 Å². The van der Waals surface area contributed by atoms with Crippen molar-refractivity contribution in [2.24, 2.45) is 4.99 Å². The fraction of sp³-hybridized carbons (Fsp3) is 0.562. The van der Waals surface area contributed by atoms with Gasteiger partial charge in [0.2, 0.25) is 0 Å². The zero-order valence-corrected chi connectivity index (χ0v) is 15.4. The maximum atomic E-state index is 5.34. The summed E-state index contributed by atoms with van der Waals surface area (Å²) in [7, 11) is 3.26. The lowest BCUT2D eigenvalue weighted by Crippen LogP contribution is -2.37. The van der Waals surface area contributed by atoms with Gasteiger partial charge in [-0.2, -0.15) is 0 Å². The van der Waals surface area contributed by atoms with Gasteiger partial charge in [-0.3, -0.25) is 0 Å². The first-order chi connectivity index (χ1) is 10.7. The van der Waals surface area contributed by atoms with Crippen LogP contribution in [-0.4, -0.2) is 33.3 Å². The Labute approximate surface area is 141 Å². The minimum Gasteiger partial charge on any atom is -0.493 e. The largest absolute Gasteiger partial charge is 0.493 e. The molecule has 22 heavy (non-hydrogen) atoms. The second kappa shape index (κ2) is 10.3. The molecule has 2 N–H and O–H groups in total. The smallest absolute Gasteiger partial charge is 0.191 e. The van der Waals surface area contributed by atoms with Gasteiger partial charge in [0.15, 0.2) is 17.5 Å². The van der Waals surface area contributed by atoms with Crippen LogP contribution >= 0.6 is 15.9 Å². The lowest BCUT2D eigenvalue weighted by molar-refractivity contribution is 0.354. The van der Waals surface area contributed by atoms with Crippen molar-refractivity contribution >= 4 is 21.9 Å². The number of guanidine groups is 1. The molecule has 0 unspecified atom stereocenters. The maximum Gasteiger partial charge on any atom is 0.191 e. The second-order valence-corrected chi connectivity index (χ2v) is 5.63. The summed E-state index contributed by atoms with van der Waals surface area (Å²) in [4.78, 5) is 4.62. The van der Waals surface area contributed by atoms with E-state index in [1.807, 2.05) is 12.1 Å². The van der Waals surface area contributed by atoms with Crippen LogP contribution in [0, 0.1) is 0 Å². The zero-order valence-electron chi connectivity index (χ0n) is 13.8. The summed E-state index contributed by atoms with van der Waals surface area (Å²) >= 11 is 3.56. The van der Waals surface area contributed by atoms with Crippen LogP contribution in [0.2, 0.25) is 0 Å². The molecule has 6 heteroatoms. The molecule has 0 aliphatic heterocycles. The van der Waals surface area contributed by atoms with Gasteiger partial charge in [0, 0.05) is 17.6 Å². The number of hydrogen-bond acceptors (Lipinski definition) is 3. The van der Waals surface area contributed by atoms with Gasteiger partial charge in [-0.05, 0) is 31.0 Å². The first-order valence-electron chi connectivity index (χ1n) is 7.58. The maximum absolute atomic E-state index is 5.34. The van der Waals surface area contributed by atoms with Gasteiger partial charge >= 0.3 is 0 Å². The van der Waals surface area contributed by atoms with E-state index in [1.54, 1.807) is 14.2 Å². The molecule has 0 aliphatic carbocycles. The van der Waals surface area contributed by atoms with Crippen molar-refractivity contribution in [1.82, 2.24) is 10.6 Å². The van der Waals surface area contributed by atoms with E-state index in [0.29, 0.717) is 18.0 Å².